The van der Waals surface area contributed by atoms with Crippen LogP contribution in [0.15, 0.2) is 150 Å². The molecule has 10 rings (SSSR count). The number of para-hydroxylation sites is 2. The summed E-state index contributed by atoms with van der Waals surface area (Å²) in [6.07, 6.45) is 3.61. The monoisotopic (exact) mass is 628 g/mol. The van der Waals surface area contributed by atoms with E-state index < -0.39 is 0 Å². The summed E-state index contributed by atoms with van der Waals surface area (Å²) in [5, 5.41) is 5.27. The molecular weight excluding hydrogens is 605 g/mol. The van der Waals surface area contributed by atoms with Gasteiger partial charge in [-0.1, -0.05) is 91.0 Å². The fourth-order valence-corrected chi connectivity index (χ4v) is 6.58. The average molecular weight is 629 g/mol. The SMILES string of the molecule is c1cnc2c(-c3nc(-c4ccc(-c5ccc6ccc7cccnc7c6n5)cc4)nc(-c4ccc5c(c4)oc4ccccc45)n3)cccc2c1. The van der Waals surface area contributed by atoms with Crippen LogP contribution in [0.4, 0.5) is 0 Å². The van der Waals surface area contributed by atoms with E-state index in [9.17, 15) is 0 Å². The van der Waals surface area contributed by atoms with Crippen LogP contribution in [0.2, 0.25) is 0 Å². The van der Waals surface area contributed by atoms with Gasteiger partial charge in [0.2, 0.25) is 0 Å². The molecule has 10 aromatic rings. The Kier molecular flexibility index (Phi) is 6.04. The highest BCUT2D eigenvalue weighted by Gasteiger charge is 2.17. The second kappa shape index (κ2) is 10.9. The summed E-state index contributed by atoms with van der Waals surface area (Å²) in [7, 11) is 0. The molecule has 0 radical (unpaired) electrons. The first kappa shape index (κ1) is 27.3. The number of hydrogen-bond acceptors (Lipinski definition) is 7. The van der Waals surface area contributed by atoms with Gasteiger partial charge in [-0.25, -0.2) is 19.9 Å². The van der Waals surface area contributed by atoms with E-state index in [1.807, 2.05) is 91.1 Å². The van der Waals surface area contributed by atoms with Gasteiger partial charge in [0.25, 0.3) is 0 Å². The first-order chi connectivity index (χ1) is 24.2. The Labute approximate surface area is 279 Å². The summed E-state index contributed by atoms with van der Waals surface area (Å²) >= 11 is 0. The molecule has 7 heteroatoms. The van der Waals surface area contributed by atoms with Gasteiger partial charge in [0.15, 0.2) is 17.5 Å². The summed E-state index contributed by atoms with van der Waals surface area (Å²) in [6, 6.07) is 44.7. The molecular formula is C42H24N6O. The minimum absolute atomic E-state index is 0.550. The van der Waals surface area contributed by atoms with Gasteiger partial charge in [0.1, 0.15) is 11.2 Å². The Morgan fingerprint density at radius 2 is 1.02 bits per heavy atom. The van der Waals surface area contributed by atoms with E-state index in [1.165, 1.54) is 0 Å². The predicted octanol–water partition coefficient (Wildman–Crippen LogP) is 10.1. The van der Waals surface area contributed by atoms with Crippen molar-refractivity contribution in [3.05, 3.63) is 146 Å². The molecule has 0 aliphatic heterocycles. The van der Waals surface area contributed by atoms with Crippen molar-refractivity contribution < 1.29 is 4.42 Å². The van der Waals surface area contributed by atoms with E-state index >= 15 is 0 Å². The van der Waals surface area contributed by atoms with E-state index in [1.54, 1.807) is 6.20 Å². The number of furan rings is 1. The zero-order valence-corrected chi connectivity index (χ0v) is 25.9. The lowest BCUT2D eigenvalue weighted by Gasteiger charge is -2.10. The van der Waals surface area contributed by atoms with Crippen LogP contribution in [0.3, 0.4) is 0 Å². The summed E-state index contributed by atoms with van der Waals surface area (Å²) in [5.41, 5.74) is 8.64. The number of rotatable bonds is 4. The maximum absolute atomic E-state index is 6.22. The molecule has 0 spiro atoms. The van der Waals surface area contributed by atoms with E-state index in [2.05, 4.69) is 58.5 Å². The van der Waals surface area contributed by atoms with Gasteiger partial charge in [-0.15, -0.1) is 0 Å². The zero-order chi connectivity index (χ0) is 32.3. The average Bonchev–Trinajstić information content (AvgIpc) is 3.55. The molecule has 228 valence electrons. The molecule has 0 aliphatic carbocycles. The van der Waals surface area contributed by atoms with Crippen molar-refractivity contribution in [3.63, 3.8) is 0 Å². The third-order valence-electron chi connectivity index (χ3n) is 9.02. The molecule has 5 aromatic heterocycles. The van der Waals surface area contributed by atoms with Crippen molar-refractivity contribution in [1.82, 2.24) is 29.9 Å². The molecule has 0 unspecified atom stereocenters. The molecule has 0 amide bonds. The Morgan fingerprint density at radius 1 is 0.388 bits per heavy atom. The molecule has 5 heterocycles. The lowest BCUT2D eigenvalue weighted by molar-refractivity contribution is 0.669. The van der Waals surface area contributed by atoms with E-state index in [0.29, 0.717) is 17.5 Å². The number of fused-ring (bicyclic) bond motifs is 7. The number of nitrogens with zero attached hydrogens (tertiary/aromatic N) is 6. The van der Waals surface area contributed by atoms with Crippen LogP contribution in [-0.4, -0.2) is 29.9 Å². The summed E-state index contributed by atoms with van der Waals surface area (Å²) in [4.78, 5) is 29.4. The predicted molar refractivity (Wildman–Crippen MR) is 195 cm³/mol. The molecule has 0 atom stereocenters. The lowest BCUT2D eigenvalue weighted by Crippen LogP contribution is -2.01. The summed E-state index contributed by atoms with van der Waals surface area (Å²) in [5.74, 6) is 1.66. The summed E-state index contributed by atoms with van der Waals surface area (Å²) < 4.78 is 6.22. The Bertz CT molecular complexity index is 2890. The quantitative estimate of drug-likeness (QED) is 0.179. The van der Waals surface area contributed by atoms with Crippen LogP contribution in [0.5, 0.6) is 0 Å². The van der Waals surface area contributed by atoms with Crippen molar-refractivity contribution >= 4 is 54.6 Å². The van der Waals surface area contributed by atoms with Crippen LogP contribution in [0.25, 0.3) is 100 Å². The van der Waals surface area contributed by atoms with Gasteiger partial charge >= 0.3 is 0 Å². The highest BCUT2D eigenvalue weighted by molar-refractivity contribution is 6.06. The standard InChI is InChI=1S/C42H24N6O/c1-2-11-35-31(9-1)32-20-18-30(24-36(32)49-35)41-46-40(47-42(48-41)33-10-3-6-26-7-4-22-43-37(26)33)29-16-12-25(13-17-29)34-21-19-28-15-14-27-8-5-23-44-38(27)39(28)45-34/h1-24H. The highest BCUT2D eigenvalue weighted by Crippen LogP contribution is 2.34. The van der Waals surface area contributed by atoms with Gasteiger partial charge in [-0.3, -0.25) is 9.97 Å². The van der Waals surface area contributed by atoms with Crippen molar-refractivity contribution in [1.29, 1.82) is 0 Å². The van der Waals surface area contributed by atoms with Gasteiger partial charge in [0, 0.05) is 61.6 Å². The Hall–Kier alpha value is -6.86. The van der Waals surface area contributed by atoms with Gasteiger partial charge in [-0.05, 0) is 42.5 Å². The van der Waals surface area contributed by atoms with Crippen LogP contribution in [0.1, 0.15) is 0 Å². The van der Waals surface area contributed by atoms with Crippen LogP contribution < -0.4 is 0 Å². The van der Waals surface area contributed by atoms with Crippen LogP contribution in [0, 0.1) is 0 Å². The first-order valence-electron chi connectivity index (χ1n) is 16.0. The van der Waals surface area contributed by atoms with Crippen molar-refractivity contribution in [2.24, 2.45) is 0 Å². The van der Waals surface area contributed by atoms with Crippen molar-refractivity contribution in [2.75, 3.05) is 0 Å². The highest BCUT2D eigenvalue weighted by atomic mass is 16.3. The fraction of sp³-hybridized carbons (Fsp3) is 0. The molecule has 5 aromatic carbocycles. The molecule has 0 fully saturated rings. The molecule has 0 aliphatic rings. The minimum atomic E-state index is 0.550. The second-order valence-electron chi connectivity index (χ2n) is 12.0. The summed E-state index contributed by atoms with van der Waals surface area (Å²) in [6.45, 7) is 0. The molecule has 0 N–H and O–H groups in total. The Morgan fingerprint density at radius 3 is 1.88 bits per heavy atom. The molecule has 0 bridgehead atoms. The topological polar surface area (TPSA) is 90.5 Å². The van der Waals surface area contributed by atoms with E-state index in [-0.39, 0.29) is 0 Å². The fourth-order valence-electron chi connectivity index (χ4n) is 6.58. The van der Waals surface area contributed by atoms with Crippen molar-refractivity contribution in [2.45, 2.75) is 0 Å². The lowest BCUT2D eigenvalue weighted by atomic mass is 10.1. The molecule has 0 saturated carbocycles. The van der Waals surface area contributed by atoms with Gasteiger partial charge < -0.3 is 4.42 Å². The number of benzene rings is 5. The smallest absolute Gasteiger partial charge is 0.166 e. The largest absolute Gasteiger partial charge is 0.456 e. The third-order valence-corrected chi connectivity index (χ3v) is 9.02. The molecule has 0 saturated heterocycles. The maximum Gasteiger partial charge on any atom is 0.166 e. The van der Waals surface area contributed by atoms with Crippen LogP contribution >= 0.6 is 0 Å². The number of pyridine rings is 3. The molecule has 49 heavy (non-hydrogen) atoms. The number of hydrogen-bond donors (Lipinski definition) is 0. The van der Waals surface area contributed by atoms with Crippen LogP contribution in [-0.2, 0) is 0 Å². The second-order valence-corrected chi connectivity index (χ2v) is 12.0. The zero-order valence-electron chi connectivity index (χ0n) is 25.9. The Balaban J connectivity index is 1.11. The van der Waals surface area contributed by atoms with Crippen molar-refractivity contribution in [3.8, 4) is 45.4 Å². The maximum atomic E-state index is 6.22. The van der Waals surface area contributed by atoms with Gasteiger partial charge in [0.05, 0.1) is 22.2 Å². The van der Waals surface area contributed by atoms with Gasteiger partial charge in [-0.2, -0.15) is 0 Å². The number of aromatic nitrogens is 6. The first-order valence-corrected chi connectivity index (χ1v) is 16.0. The normalized spacial score (nSPS) is 11.7. The van der Waals surface area contributed by atoms with E-state index in [0.717, 1.165) is 82.6 Å². The third kappa shape index (κ3) is 4.59. The van der Waals surface area contributed by atoms with E-state index in [4.69, 9.17) is 24.4 Å². The molecule has 7 nitrogen and oxygen atoms in total. The minimum Gasteiger partial charge on any atom is -0.456 e.